The summed E-state index contributed by atoms with van der Waals surface area (Å²) in [5.41, 5.74) is 4.04. The van der Waals surface area contributed by atoms with Crippen LogP contribution in [0.2, 0.25) is 0 Å². The minimum absolute atomic E-state index is 0.209. The number of aliphatic hydroxyl groups excluding tert-OH is 1. The molecule has 0 bridgehead atoms. The van der Waals surface area contributed by atoms with Crippen LogP contribution in [0.3, 0.4) is 0 Å². The fraction of sp³-hybridized carbons (Fsp3) is 0.750. The van der Waals surface area contributed by atoms with Gasteiger partial charge in [0, 0.05) is 23.0 Å². The molecule has 18 heavy (non-hydrogen) atoms. The third-order valence-corrected chi connectivity index (χ3v) is 4.81. The van der Waals surface area contributed by atoms with Gasteiger partial charge in [-0.2, -0.15) is 0 Å². The number of aryl methyl sites for hydroxylation is 1. The number of fused-ring (bicyclic) bond motifs is 1. The standard InChI is InChI=1S/C16H25NO/c1-12-11-14-15(9-6-10-16(14)18)17(12)13-7-4-2-3-5-8-13/h11,13,16,18H,2-10H2,1H3. The van der Waals surface area contributed by atoms with Gasteiger partial charge in [0.2, 0.25) is 0 Å². The van der Waals surface area contributed by atoms with Crippen LogP contribution in [0.25, 0.3) is 0 Å². The molecule has 2 aliphatic carbocycles. The van der Waals surface area contributed by atoms with Gasteiger partial charge in [-0.25, -0.2) is 0 Å². The zero-order valence-corrected chi connectivity index (χ0v) is 11.5. The fourth-order valence-electron chi connectivity index (χ4n) is 3.93. The Balaban J connectivity index is 1.95. The molecule has 2 heteroatoms. The van der Waals surface area contributed by atoms with Gasteiger partial charge in [0.15, 0.2) is 0 Å². The summed E-state index contributed by atoms with van der Waals surface area (Å²) < 4.78 is 2.57. The predicted molar refractivity (Wildman–Crippen MR) is 73.8 cm³/mol. The highest BCUT2D eigenvalue weighted by atomic mass is 16.3. The van der Waals surface area contributed by atoms with Gasteiger partial charge in [0.1, 0.15) is 0 Å². The van der Waals surface area contributed by atoms with E-state index in [1.54, 1.807) is 0 Å². The van der Waals surface area contributed by atoms with Crippen molar-refractivity contribution in [1.82, 2.24) is 4.57 Å². The van der Waals surface area contributed by atoms with Gasteiger partial charge in [-0.15, -0.1) is 0 Å². The van der Waals surface area contributed by atoms with E-state index in [1.807, 2.05) is 0 Å². The van der Waals surface area contributed by atoms with E-state index in [0.29, 0.717) is 6.04 Å². The molecule has 0 aliphatic heterocycles. The highest BCUT2D eigenvalue weighted by Gasteiger charge is 2.26. The topological polar surface area (TPSA) is 25.2 Å². The largest absolute Gasteiger partial charge is 0.388 e. The molecule has 0 amide bonds. The Morgan fingerprint density at radius 3 is 2.50 bits per heavy atom. The number of rotatable bonds is 1. The molecule has 3 rings (SSSR count). The molecule has 1 fully saturated rings. The monoisotopic (exact) mass is 247 g/mol. The quantitative estimate of drug-likeness (QED) is 0.744. The van der Waals surface area contributed by atoms with Crippen molar-refractivity contribution in [2.75, 3.05) is 0 Å². The Kier molecular flexibility index (Phi) is 3.47. The summed E-state index contributed by atoms with van der Waals surface area (Å²) in [6.45, 7) is 2.22. The maximum absolute atomic E-state index is 10.1. The molecule has 2 aliphatic rings. The first-order valence-corrected chi connectivity index (χ1v) is 7.66. The Morgan fingerprint density at radius 2 is 1.78 bits per heavy atom. The summed E-state index contributed by atoms with van der Waals surface area (Å²) in [5, 5.41) is 10.1. The van der Waals surface area contributed by atoms with Crippen molar-refractivity contribution in [3.63, 3.8) is 0 Å². The number of nitrogens with zero attached hydrogens (tertiary/aromatic N) is 1. The number of hydrogen-bond acceptors (Lipinski definition) is 1. The van der Waals surface area contributed by atoms with E-state index in [0.717, 1.165) is 19.3 Å². The van der Waals surface area contributed by atoms with Crippen LogP contribution in [0.1, 0.15) is 80.5 Å². The van der Waals surface area contributed by atoms with Crippen molar-refractivity contribution >= 4 is 0 Å². The predicted octanol–water partition coefficient (Wildman–Crippen LogP) is 4.06. The van der Waals surface area contributed by atoms with Gasteiger partial charge >= 0.3 is 0 Å². The Labute approximate surface area is 110 Å². The van der Waals surface area contributed by atoms with E-state index >= 15 is 0 Å². The Bertz CT molecular complexity index is 413. The van der Waals surface area contributed by atoms with Crippen molar-refractivity contribution in [3.05, 3.63) is 23.0 Å². The molecule has 1 unspecified atom stereocenters. The number of aliphatic hydroxyl groups is 1. The summed E-state index contributed by atoms with van der Waals surface area (Å²) in [6.07, 6.45) is 11.3. The lowest BCUT2D eigenvalue weighted by molar-refractivity contribution is 0.155. The second-order valence-corrected chi connectivity index (χ2v) is 6.11. The SMILES string of the molecule is Cc1cc2c(n1C1CCCCCC1)CCCC2O. The molecule has 1 heterocycles. The summed E-state index contributed by atoms with van der Waals surface area (Å²) in [5.74, 6) is 0. The van der Waals surface area contributed by atoms with Gasteiger partial charge in [0.05, 0.1) is 6.10 Å². The molecule has 1 atom stereocenters. The van der Waals surface area contributed by atoms with E-state index < -0.39 is 0 Å². The molecule has 0 aromatic carbocycles. The van der Waals surface area contributed by atoms with Gasteiger partial charge in [-0.05, 0) is 45.1 Å². The van der Waals surface area contributed by atoms with Crippen LogP contribution in [0.5, 0.6) is 0 Å². The smallest absolute Gasteiger partial charge is 0.0807 e. The van der Waals surface area contributed by atoms with E-state index in [1.165, 1.54) is 55.5 Å². The van der Waals surface area contributed by atoms with Crippen molar-refractivity contribution in [2.45, 2.75) is 76.9 Å². The van der Waals surface area contributed by atoms with Crippen LogP contribution in [0.4, 0.5) is 0 Å². The molecule has 0 radical (unpaired) electrons. The van der Waals surface area contributed by atoms with Crippen LogP contribution in [0.15, 0.2) is 6.07 Å². The Morgan fingerprint density at radius 1 is 1.06 bits per heavy atom. The normalized spacial score (nSPS) is 25.8. The third-order valence-electron chi connectivity index (χ3n) is 4.81. The van der Waals surface area contributed by atoms with Crippen LogP contribution >= 0.6 is 0 Å². The zero-order valence-electron chi connectivity index (χ0n) is 11.5. The highest BCUT2D eigenvalue weighted by Crippen LogP contribution is 2.37. The van der Waals surface area contributed by atoms with Gasteiger partial charge in [-0.3, -0.25) is 0 Å². The average Bonchev–Trinajstić information content (AvgIpc) is 2.54. The van der Waals surface area contributed by atoms with Crippen molar-refractivity contribution < 1.29 is 5.11 Å². The van der Waals surface area contributed by atoms with E-state index in [9.17, 15) is 5.11 Å². The highest BCUT2D eigenvalue weighted by molar-refractivity contribution is 5.32. The summed E-state index contributed by atoms with van der Waals surface area (Å²) in [4.78, 5) is 0. The molecule has 1 aromatic rings. The summed E-state index contributed by atoms with van der Waals surface area (Å²) >= 11 is 0. The van der Waals surface area contributed by atoms with Crippen LogP contribution in [0, 0.1) is 6.92 Å². The zero-order chi connectivity index (χ0) is 12.5. The molecule has 1 aromatic heterocycles. The molecule has 100 valence electrons. The molecule has 1 N–H and O–H groups in total. The van der Waals surface area contributed by atoms with Crippen molar-refractivity contribution in [3.8, 4) is 0 Å². The third kappa shape index (κ3) is 2.11. The Hall–Kier alpha value is -0.760. The molecular formula is C16H25NO. The molecular weight excluding hydrogens is 222 g/mol. The van der Waals surface area contributed by atoms with Gasteiger partial charge in [-0.1, -0.05) is 25.7 Å². The van der Waals surface area contributed by atoms with E-state index in [2.05, 4.69) is 17.6 Å². The first-order chi connectivity index (χ1) is 8.77. The molecule has 2 nitrogen and oxygen atoms in total. The van der Waals surface area contributed by atoms with Gasteiger partial charge in [0.25, 0.3) is 0 Å². The summed E-state index contributed by atoms with van der Waals surface area (Å²) in [6, 6.07) is 2.94. The van der Waals surface area contributed by atoms with E-state index in [4.69, 9.17) is 0 Å². The minimum Gasteiger partial charge on any atom is -0.388 e. The van der Waals surface area contributed by atoms with Crippen LogP contribution < -0.4 is 0 Å². The number of hydrogen-bond donors (Lipinski definition) is 1. The first kappa shape index (κ1) is 12.3. The second-order valence-electron chi connectivity index (χ2n) is 6.11. The van der Waals surface area contributed by atoms with Crippen LogP contribution in [-0.4, -0.2) is 9.67 Å². The molecule has 1 saturated carbocycles. The average molecular weight is 247 g/mol. The maximum atomic E-state index is 10.1. The van der Waals surface area contributed by atoms with Gasteiger partial charge < -0.3 is 9.67 Å². The first-order valence-electron chi connectivity index (χ1n) is 7.66. The maximum Gasteiger partial charge on any atom is 0.0807 e. The lowest BCUT2D eigenvalue weighted by Gasteiger charge is -2.25. The lowest BCUT2D eigenvalue weighted by atomic mass is 9.94. The summed E-state index contributed by atoms with van der Waals surface area (Å²) in [7, 11) is 0. The minimum atomic E-state index is -0.209. The second kappa shape index (κ2) is 5.08. The molecule has 0 spiro atoms. The number of aromatic nitrogens is 1. The molecule has 0 saturated heterocycles. The fourth-order valence-corrected chi connectivity index (χ4v) is 3.93. The van der Waals surface area contributed by atoms with Crippen LogP contribution in [-0.2, 0) is 6.42 Å². The van der Waals surface area contributed by atoms with E-state index in [-0.39, 0.29) is 6.10 Å². The van der Waals surface area contributed by atoms with Crippen molar-refractivity contribution in [2.24, 2.45) is 0 Å². The van der Waals surface area contributed by atoms with Crippen molar-refractivity contribution in [1.29, 1.82) is 0 Å². The lowest BCUT2D eigenvalue weighted by Crippen LogP contribution is -2.17.